The Labute approximate surface area is 102 Å². The minimum Gasteiger partial charge on any atom is -0.329 e. The van der Waals surface area contributed by atoms with Gasteiger partial charge in [0.1, 0.15) is 5.82 Å². The van der Waals surface area contributed by atoms with Crippen molar-refractivity contribution in [2.45, 2.75) is 38.6 Å². The lowest BCUT2D eigenvalue weighted by atomic mass is 9.85. The van der Waals surface area contributed by atoms with Crippen LogP contribution in [0.4, 0.5) is 0 Å². The molecule has 1 saturated carbocycles. The Bertz CT molecular complexity index is 538. The van der Waals surface area contributed by atoms with Gasteiger partial charge in [0.25, 0.3) is 0 Å². The van der Waals surface area contributed by atoms with Gasteiger partial charge in [-0.05, 0) is 31.4 Å². The molecule has 0 radical (unpaired) electrons. The van der Waals surface area contributed by atoms with Gasteiger partial charge in [-0.15, -0.1) is 0 Å². The fraction of sp³-hybridized carbons (Fsp3) is 0.500. The molecule has 1 fully saturated rings. The maximum Gasteiger partial charge on any atom is 0.113 e. The van der Waals surface area contributed by atoms with E-state index in [0.29, 0.717) is 12.5 Å². The number of aromatic nitrogens is 2. The number of nitrogens with two attached hydrogens (primary N) is 1. The second kappa shape index (κ2) is 4.15. The highest BCUT2D eigenvalue weighted by Crippen LogP contribution is 2.37. The van der Waals surface area contributed by atoms with Gasteiger partial charge in [0.2, 0.25) is 0 Å². The summed E-state index contributed by atoms with van der Waals surface area (Å²) in [6.45, 7) is 3.69. The number of hydrogen-bond acceptors (Lipinski definition) is 2. The van der Waals surface area contributed by atoms with Crippen LogP contribution in [0.15, 0.2) is 18.2 Å². The molecule has 0 atom stereocenters. The summed E-state index contributed by atoms with van der Waals surface area (Å²) in [6.07, 6.45) is 3.91. The number of imidazole rings is 1. The van der Waals surface area contributed by atoms with Crippen LogP contribution < -0.4 is 5.73 Å². The van der Waals surface area contributed by atoms with Crippen molar-refractivity contribution in [2.75, 3.05) is 6.54 Å². The molecule has 0 amide bonds. The summed E-state index contributed by atoms with van der Waals surface area (Å²) in [5, 5.41) is 0. The Hall–Kier alpha value is -1.35. The summed E-state index contributed by atoms with van der Waals surface area (Å²) in [7, 11) is 0. The lowest BCUT2D eigenvalue weighted by molar-refractivity contribution is 0.389. The van der Waals surface area contributed by atoms with Crippen LogP contribution in [-0.2, 0) is 6.54 Å². The molecule has 3 rings (SSSR count). The van der Waals surface area contributed by atoms with E-state index in [1.165, 1.54) is 36.2 Å². The van der Waals surface area contributed by atoms with E-state index in [1.807, 2.05) is 0 Å². The highest BCUT2D eigenvalue weighted by atomic mass is 15.1. The van der Waals surface area contributed by atoms with E-state index in [2.05, 4.69) is 29.7 Å². The number of rotatable bonds is 3. The predicted molar refractivity (Wildman–Crippen MR) is 70.1 cm³/mol. The first-order valence-electron chi connectivity index (χ1n) is 6.47. The van der Waals surface area contributed by atoms with Crippen molar-refractivity contribution >= 4 is 11.0 Å². The first-order valence-corrected chi connectivity index (χ1v) is 6.47. The number of benzene rings is 1. The average Bonchev–Trinajstić information content (AvgIpc) is 2.58. The molecule has 1 aromatic heterocycles. The second-order valence-electron chi connectivity index (χ2n) is 4.98. The number of hydrogen-bond donors (Lipinski definition) is 1. The van der Waals surface area contributed by atoms with Gasteiger partial charge in [0.15, 0.2) is 0 Å². The molecule has 2 N–H and O–H groups in total. The average molecular weight is 229 g/mol. The zero-order valence-electron chi connectivity index (χ0n) is 10.3. The van der Waals surface area contributed by atoms with Crippen LogP contribution in [0.2, 0.25) is 0 Å². The molecule has 0 saturated heterocycles. The molecule has 1 aromatic carbocycles. The van der Waals surface area contributed by atoms with Gasteiger partial charge in [-0.25, -0.2) is 4.98 Å². The summed E-state index contributed by atoms with van der Waals surface area (Å²) in [5.74, 6) is 1.92. The zero-order chi connectivity index (χ0) is 11.8. The van der Waals surface area contributed by atoms with Crippen molar-refractivity contribution in [1.29, 1.82) is 0 Å². The van der Waals surface area contributed by atoms with E-state index in [4.69, 9.17) is 10.7 Å². The molecule has 1 aliphatic rings. The standard InChI is InChI=1S/C14H19N3/c1-10-4-2-7-12-13(10)16-14(11-5-3-6-11)17(12)9-8-15/h2,4,7,11H,3,5-6,8-9,15H2,1H3. The van der Waals surface area contributed by atoms with Crippen LogP contribution in [0.1, 0.15) is 36.6 Å². The minimum absolute atomic E-state index is 0.661. The Morgan fingerprint density at radius 2 is 2.24 bits per heavy atom. The van der Waals surface area contributed by atoms with E-state index in [1.54, 1.807) is 0 Å². The molecule has 3 heteroatoms. The van der Waals surface area contributed by atoms with Crippen molar-refractivity contribution < 1.29 is 0 Å². The normalized spacial score (nSPS) is 16.4. The fourth-order valence-electron chi connectivity index (χ4n) is 2.65. The van der Waals surface area contributed by atoms with E-state index in [0.717, 1.165) is 12.1 Å². The van der Waals surface area contributed by atoms with Crippen molar-refractivity contribution in [2.24, 2.45) is 5.73 Å². The largest absolute Gasteiger partial charge is 0.329 e. The molecule has 1 heterocycles. The number of aryl methyl sites for hydroxylation is 1. The highest BCUT2D eigenvalue weighted by Gasteiger charge is 2.25. The van der Waals surface area contributed by atoms with Gasteiger partial charge in [0.05, 0.1) is 11.0 Å². The van der Waals surface area contributed by atoms with Crippen LogP contribution in [0.25, 0.3) is 11.0 Å². The van der Waals surface area contributed by atoms with Crippen LogP contribution in [0, 0.1) is 6.92 Å². The van der Waals surface area contributed by atoms with Crippen LogP contribution in [0.3, 0.4) is 0 Å². The van der Waals surface area contributed by atoms with Crippen molar-refractivity contribution in [3.05, 3.63) is 29.6 Å². The van der Waals surface area contributed by atoms with Gasteiger partial charge in [0, 0.05) is 19.0 Å². The Morgan fingerprint density at radius 3 is 2.88 bits per heavy atom. The van der Waals surface area contributed by atoms with Gasteiger partial charge in [-0.1, -0.05) is 18.6 Å². The topological polar surface area (TPSA) is 43.8 Å². The second-order valence-corrected chi connectivity index (χ2v) is 4.98. The smallest absolute Gasteiger partial charge is 0.113 e. The minimum atomic E-state index is 0.661. The summed E-state index contributed by atoms with van der Waals surface area (Å²) in [6, 6.07) is 6.40. The molecule has 0 bridgehead atoms. The van der Waals surface area contributed by atoms with Gasteiger partial charge < -0.3 is 10.3 Å². The zero-order valence-corrected chi connectivity index (χ0v) is 10.3. The predicted octanol–water partition coefficient (Wildman–Crippen LogP) is 2.57. The number of para-hydroxylation sites is 1. The van der Waals surface area contributed by atoms with Gasteiger partial charge in [-0.2, -0.15) is 0 Å². The third-order valence-corrected chi connectivity index (χ3v) is 3.83. The summed E-state index contributed by atoms with van der Waals surface area (Å²) < 4.78 is 2.33. The van der Waals surface area contributed by atoms with Crippen LogP contribution in [-0.4, -0.2) is 16.1 Å². The SMILES string of the molecule is Cc1cccc2c1nc(C1CCC1)n2CCN. The highest BCUT2D eigenvalue weighted by molar-refractivity contribution is 5.79. The molecule has 90 valence electrons. The van der Waals surface area contributed by atoms with E-state index < -0.39 is 0 Å². The summed E-state index contributed by atoms with van der Waals surface area (Å²) >= 11 is 0. The van der Waals surface area contributed by atoms with E-state index >= 15 is 0 Å². The van der Waals surface area contributed by atoms with E-state index in [9.17, 15) is 0 Å². The number of nitrogens with zero attached hydrogens (tertiary/aromatic N) is 2. The summed E-state index contributed by atoms with van der Waals surface area (Å²) in [5.41, 5.74) is 9.39. The maximum absolute atomic E-state index is 5.73. The van der Waals surface area contributed by atoms with Gasteiger partial charge >= 0.3 is 0 Å². The molecule has 2 aromatic rings. The molecule has 0 aliphatic heterocycles. The molecule has 0 spiro atoms. The Kier molecular flexibility index (Phi) is 2.63. The summed E-state index contributed by atoms with van der Waals surface area (Å²) in [4.78, 5) is 4.86. The van der Waals surface area contributed by atoms with Crippen LogP contribution in [0.5, 0.6) is 0 Å². The van der Waals surface area contributed by atoms with Crippen molar-refractivity contribution in [3.63, 3.8) is 0 Å². The monoisotopic (exact) mass is 229 g/mol. The first-order chi connectivity index (χ1) is 8.31. The molecular weight excluding hydrogens is 210 g/mol. The van der Waals surface area contributed by atoms with Gasteiger partial charge in [-0.3, -0.25) is 0 Å². The van der Waals surface area contributed by atoms with Crippen molar-refractivity contribution in [1.82, 2.24) is 9.55 Å². The molecular formula is C14H19N3. The maximum atomic E-state index is 5.73. The molecule has 3 nitrogen and oxygen atoms in total. The van der Waals surface area contributed by atoms with Crippen LogP contribution >= 0.6 is 0 Å². The molecule has 0 unspecified atom stereocenters. The third kappa shape index (κ3) is 1.65. The van der Waals surface area contributed by atoms with E-state index in [-0.39, 0.29) is 0 Å². The molecule has 1 aliphatic carbocycles. The lowest BCUT2D eigenvalue weighted by Gasteiger charge is -2.25. The third-order valence-electron chi connectivity index (χ3n) is 3.83. The Morgan fingerprint density at radius 1 is 1.41 bits per heavy atom. The molecule has 17 heavy (non-hydrogen) atoms. The quantitative estimate of drug-likeness (QED) is 0.879. The lowest BCUT2D eigenvalue weighted by Crippen LogP contribution is -2.18. The Balaban J connectivity index is 2.18. The first kappa shape index (κ1) is 10.8. The van der Waals surface area contributed by atoms with Crippen molar-refractivity contribution in [3.8, 4) is 0 Å². The number of fused-ring (bicyclic) bond motifs is 1. The fourth-order valence-corrected chi connectivity index (χ4v) is 2.65.